The van der Waals surface area contributed by atoms with Crippen LogP contribution in [0, 0.1) is 0 Å². The molecule has 0 aromatic rings. The van der Waals surface area contributed by atoms with Gasteiger partial charge in [-0.25, -0.2) is 0 Å². The van der Waals surface area contributed by atoms with Crippen LogP contribution < -0.4 is 5.32 Å². The van der Waals surface area contributed by atoms with E-state index in [4.69, 9.17) is 0 Å². The van der Waals surface area contributed by atoms with Gasteiger partial charge in [-0.15, -0.1) is 0 Å². The maximum Gasteiger partial charge on any atom is 0.0195 e. The Morgan fingerprint density at radius 3 is 2.69 bits per heavy atom. The molecule has 2 fully saturated rings. The van der Waals surface area contributed by atoms with E-state index in [-0.39, 0.29) is 0 Å². The van der Waals surface area contributed by atoms with Crippen molar-refractivity contribution in [3.05, 3.63) is 0 Å². The van der Waals surface area contributed by atoms with E-state index in [0.29, 0.717) is 0 Å². The molecule has 76 valence electrons. The van der Waals surface area contributed by atoms with Gasteiger partial charge in [0.15, 0.2) is 0 Å². The van der Waals surface area contributed by atoms with Crippen LogP contribution in [0.25, 0.3) is 0 Å². The summed E-state index contributed by atoms with van der Waals surface area (Å²) >= 11 is 0. The van der Waals surface area contributed by atoms with Gasteiger partial charge in [-0.2, -0.15) is 0 Å². The Balaban J connectivity index is 1.71. The van der Waals surface area contributed by atoms with Gasteiger partial charge in [0.05, 0.1) is 0 Å². The van der Waals surface area contributed by atoms with Crippen molar-refractivity contribution >= 4 is 0 Å². The van der Waals surface area contributed by atoms with Gasteiger partial charge in [-0.3, -0.25) is 0 Å². The van der Waals surface area contributed by atoms with Crippen molar-refractivity contribution in [3.63, 3.8) is 0 Å². The predicted molar refractivity (Wildman–Crippen MR) is 55.9 cm³/mol. The first-order chi connectivity index (χ1) is 6.45. The van der Waals surface area contributed by atoms with Crippen molar-refractivity contribution in [1.82, 2.24) is 10.2 Å². The zero-order valence-electron chi connectivity index (χ0n) is 8.60. The van der Waals surface area contributed by atoms with Crippen LogP contribution in [0.1, 0.15) is 38.5 Å². The summed E-state index contributed by atoms with van der Waals surface area (Å²) in [7, 11) is 0. The quantitative estimate of drug-likeness (QED) is 0.698. The van der Waals surface area contributed by atoms with E-state index >= 15 is 0 Å². The molecule has 0 spiro atoms. The first kappa shape index (κ1) is 9.47. The predicted octanol–water partition coefficient (Wildman–Crippen LogP) is 1.61. The maximum atomic E-state index is 3.67. The normalized spacial score (nSPS) is 31.8. The number of nitrogens with zero attached hydrogens (tertiary/aromatic N) is 1. The summed E-state index contributed by atoms with van der Waals surface area (Å²) in [6.07, 6.45) is 8.50. The number of hydrogen-bond acceptors (Lipinski definition) is 2. The second-order valence-corrected chi connectivity index (χ2v) is 4.51. The van der Waals surface area contributed by atoms with Gasteiger partial charge in [0, 0.05) is 12.6 Å². The van der Waals surface area contributed by atoms with E-state index in [1.54, 1.807) is 0 Å². The molecule has 0 aromatic carbocycles. The SMILES string of the molecule is C1CCN[C@@H](CN2CCCC2)CC1. The number of hydrogen-bond donors (Lipinski definition) is 1. The van der Waals surface area contributed by atoms with Gasteiger partial charge in [0.1, 0.15) is 0 Å². The zero-order valence-corrected chi connectivity index (χ0v) is 8.60. The molecular formula is C11H22N2. The van der Waals surface area contributed by atoms with Crippen molar-refractivity contribution in [2.75, 3.05) is 26.2 Å². The maximum absolute atomic E-state index is 3.67. The summed E-state index contributed by atoms with van der Waals surface area (Å²) in [4.78, 5) is 2.63. The Bertz CT molecular complexity index is 133. The second kappa shape index (κ2) is 4.97. The molecule has 0 radical (unpaired) electrons. The van der Waals surface area contributed by atoms with Crippen molar-refractivity contribution in [2.45, 2.75) is 44.6 Å². The van der Waals surface area contributed by atoms with E-state index in [2.05, 4.69) is 10.2 Å². The molecule has 2 rings (SSSR count). The van der Waals surface area contributed by atoms with Crippen molar-refractivity contribution in [1.29, 1.82) is 0 Å². The largest absolute Gasteiger partial charge is 0.313 e. The summed E-state index contributed by atoms with van der Waals surface area (Å²) < 4.78 is 0. The molecule has 2 heteroatoms. The van der Waals surface area contributed by atoms with E-state index < -0.39 is 0 Å². The molecular weight excluding hydrogens is 160 g/mol. The Morgan fingerprint density at radius 2 is 1.85 bits per heavy atom. The van der Waals surface area contributed by atoms with Crippen LogP contribution in [0.15, 0.2) is 0 Å². The van der Waals surface area contributed by atoms with E-state index in [1.165, 1.54) is 64.7 Å². The third kappa shape index (κ3) is 2.96. The Labute approximate surface area is 81.7 Å². The molecule has 2 heterocycles. The molecule has 1 N–H and O–H groups in total. The lowest BCUT2D eigenvalue weighted by molar-refractivity contribution is 0.287. The molecule has 2 saturated heterocycles. The van der Waals surface area contributed by atoms with E-state index in [1.807, 2.05) is 0 Å². The summed E-state index contributed by atoms with van der Waals surface area (Å²) in [6, 6.07) is 0.792. The van der Waals surface area contributed by atoms with Crippen LogP contribution >= 0.6 is 0 Å². The molecule has 0 amide bonds. The second-order valence-electron chi connectivity index (χ2n) is 4.51. The number of rotatable bonds is 2. The molecule has 1 atom stereocenters. The molecule has 0 aromatic heterocycles. The summed E-state index contributed by atoms with van der Waals surface area (Å²) in [6.45, 7) is 5.24. The van der Waals surface area contributed by atoms with Gasteiger partial charge in [-0.1, -0.05) is 12.8 Å². The van der Waals surface area contributed by atoms with Gasteiger partial charge >= 0.3 is 0 Å². The Morgan fingerprint density at radius 1 is 1.00 bits per heavy atom. The minimum atomic E-state index is 0.792. The molecule has 2 aliphatic rings. The van der Waals surface area contributed by atoms with Crippen LogP contribution in [0.2, 0.25) is 0 Å². The van der Waals surface area contributed by atoms with Gasteiger partial charge in [-0.05, 0) is 45.3 Å². The smallest absolute Gasteiger partial charge is 0.0195 e. The minimum Gasteiger partial charge on any atom is -0.313 e. The lowest BCUT2D eigenvalue weighted by atomic mass is 10.1. The fraction of sp³-hybridized carbons (Fsp3) is 1.00. The van der Waals surface area contributed by atoms with Crippen LogP contribution in [0.4, 0.5) is 0 Å². The highest BCUT2D eigenvalue weighted by Gasteiger charge is 2.17. The van der Waals surface area contributed by atoms with Crippen molar-refractivity contribution < 1.29 is 0 Å². The Kier molecular flexibility index (Phi) is 3.62. The van der Waals surface area contributed by atoms with Gasteiger partial charge in [0.25, 0.3) is 0 Å². The fourth-order valence-corrected chi connectivity index (χ4v) is 2.53. The van der Waals surface area contributed by atoms with E-state index in [0.717, 1.165) is 6.04 Å². The minimum absolute atomic E-state index is 0.792. The Hall–Kier alpha value is -0.0800. The first-order valence-corrected chi connectivity index (χ1v) is 5.91. The van der Waals surface area contributed by atoms with Gasteiger partial charge in [0.2, 0.25) is 0 Å². The summed E-state index contributed by atoms with van der Waals surface area (Å²) in [5.74, 6) is 0. The van der Waals surface area contributed by atoms with Gasteiger partial charge < -0.3 is 10.2 Å². The highest BCUT2D eigenvalue weighted by Crippen LogP contribution is 2.13. The highest BCUT2D eigenvalue weighted by molar-refractivity contribution is 4.77. The van der Waals surface area contributed by atoms with Crippen LogP contribution in [-0.2, 0) is 0 Å². The van der Waals surface area contributed by atoms with Crippen LogP contribution in [0.3, 0.4) is 0 Å². The van der Waals surface area contributed by atoms with Crippen molar-refractivity contribution in [2.24, 2.45) is 0 Å². The van der Waals surface area contributed by atoms with E-state index in [9.17, 15) is 0 Å². The average molecular weight is 182 g/mol. The summed E-state index contributed by atoms with van der Waals surface area (Å²) in [5, 5.41) is 3.67. The van der Waals surface area contributed by atoms with Crippen LogP contribution in [-0.4, -0.2) is 37.1 Å². The molecule has 2 aliphatic heterocycles. The van der Waals surface area contributed by atoms with Crippen molar-refractivity contribution in [3.8, 4) is 0 Å². The third-order valence-corrected chi connectivity index (χ3v) is 3.34. The monoisotopic (exact) mass is 182 g/mol. The lowest BCUT2D eigenvalue weighted by Crippen LogP contribution is -2.39. The lowest BCUT2D eigenvalue weighted by Gasteiger charge is -2.22. The molecule has 0 saturated carbocycles. The fourth-order valence-electron chi connectivity index (χ4n) is 2.53. The average Bonchev–Trinajstić information content (AvgIpc) is 2.49. The molecule has 2 nitrogen and oxygen atoms in total. The molecule has 13 heavy (non-hydrogen) atoms. The zero-order chi connectivity index (χ0) is 8.93. The van der Waals surface area contributed by atoms with Crippen LogP contribution in [0.5, 0.6) is 0 Å². The number of likely N-dealkylation sites (tertiary alicyclic amines) is 1. The molecule has 0 aliphatic carbocycles. The molecule has 0 unspecified atom stereocenters. The highest BCUT2D eigenvalue weighted by atomic mass is 15.2. The standard InChI is InChI=1S/C11H22N2/c1-2-6-11(12-7-3-1)10-13-8-4-5-9-13/h11-12H,1-10H2/t11-/m1/s1. The topological polar surface area (TPSA) is 15.3 Å². The summed E-state index contributed by atoms with van der Waals surface area (Å²) in [5.41, 5.74) is 0. The first-order valence-electron chi connectivity index (χ1n) is 5.91. The number of nitrogens with one attached hydrogen (secondary N) is 1. The third-order valence-electron chi connectivity index (χ3n) is 3.34. The molecule has 0 bridgehead atoms.